The van der Waals surface area contributed by atoms with E-state index in [1.54, 1.807) is 24.3 Å². The highest BCUT2D eigenvalue weighted by Gasteiger charge is 2.08. The molecule has 0 bridgehead atoms. The molecule has 6 nitrogen and oxygen atoms in total. The highest BCUT2D eigenvalue weighted by atomic mass is 35.5. The van der Waals surface area contributed by atoms with Crippen molar-refractivity contribution in [3.8, 4) is 5.75 Å². The molecule has 0 aromatic heterocycles. The van der Waals surface area contributed by atoms with Crippen LogP contribution in [0.25, 0.3) is 0 Å². The molecule has 2 N–H and O–H groups in total. The second-order valence-corrected chi connectivity index (χ2v) is 6.23. The average Bonchev–Trinajstić information content (AvgIpc) is 2.64. The van der Waals surface area contributed by atoms with E-state index in [9.17, 15) is 14.4 Å². The van der Waals surface area contributed by atoms with Gasteiger partial charge >= 0.3 is 5.97 Å². The van der Waals surface area contributed by atoms with E-state index in [4.69, 9.17) is 16.3 Å². The van der Waals surface area contributed by atoms with Crippen LogP contribution in [0.1, 0.15) is 29.3 Å². The van der Waals surface area contributed by atoms with Crippen LogP contribution >= 0.6 is 11.6 Å². The Morgan fingerprint density at radius 2 is 1.74 bits per heavy atom. The van der Waals surface area contributed by atoms with Crippen LogP contribution < -0.4 is 15.4 Å². The fraction of sp³-hybridized carbons (Fsp3) is 0.250. The molecule has 7 heteroatoms. The number of ether oxygens (including phenoxy) is 1. The van der Waals surface area contributed by atoms with Gasteiger partial charge in [-0.2, -0.15) is 0 Å². The van der Waals surface area contributed by atoms with E-state index in [0.29, 0.717) is 35.7 Å². The molecule has 0 heterocycles. The summed E-state index contributed by atoms with van der Waals surface area (Å²) < 4.78 is 4.95. The molecule has 0 spiro atoms. The minimum Gasteiger partial charge on any atom is -0.427 e. The lowest BCUT2D eigenvalue weighted by Gasteiger charge is -2.09. The highest BCUT2D eigenvalue weighted by Crippen LogP contribution is 2.16. The lowest BCUT2D eigenvalue weighted by molar-refractivity contribution is -0.131. The Labute approximate surface area is 162 Å². The Hall–Kier alpha value is -2.86. The molecule has 0 atom stereocenters. The van der Waals surface area contributed by atoms with Crippen LogP contribution in [0.5, 0.6) is 5.75 Å². The Balaban J connectivity index is 1.70. The maximum atomic E-state index is 12.1. The summed E-state index contributed by atoms with van der Waals surface area (Å²) in [4.78, 5) is 34.9. The molecule has 0 aliphatic rings. The maximum Gasteiger partial charge on any atom is 0.308 e. The van der Waals surface area contributed by atoms with Crippen molar-refractivity contribution in [3.05, 3.63) is 64.7 Å². The Morgan fingerprint density at radius 1 is 1.00 bits per heavy atom. The number of benzene rings is 2. The van der Waals surface area contributed by atoms with Gasteiger partial charge in [0.25, 0.3) is 5.91 Å². The molecule has 0 aliphatic heterocycles. The van der Waals surface area contributed by atoms with Gasteiger partial charge in [-0.25, -0.2) is 0 Å². The molecule has 0 radical (unpaired) electrons. The maximum absolute atomic E-state index is 12.1. The number of aryl methyl sites for hydroxylation is 1. The number of hydrogen-bond acceptors (Lipinski definition) is 4. The average molecular weight is 389 g/mol. The fourth-order valence-corrected chi connectivity index (χ4v) is 2.61. The van der Waals surface area contributed by atoms with Gasteiger partial charge in [0.2, 0.25) is 5.91 Å². The van der Waals surface area contributed by atoms with Crippen molar-refractivity contribution in [2.45, 2.75) is 19.8 Å². The summed E-state index contributed by atoms with van der Waals surface area (Å²) >= 11 is 6.06. The summed E-state index contributed by atoms with van der Waals surface area (Å²) in [5.41, 5.74) is 1.30. The summed E-state index contributed by atoms with van der Waals surface area (Å²) in [6.07, 6.45) is 0.878. The number of hydrogen-bond donors (Lipinski definition) is 2. The van der Waals surface area contributed by atoms with Gasteiger partial charge in [-0.1, -0.05) is 35.9 Å². The molecule has 142 valence electrons. The molecule has 0 saturated carbocycles. The monoisotopic (exact) mass is 388 g/mol. The molecule has 0 aliphatic carbocycles. The lowest BCUT2D eigenvalue weighted by atomic mass is 10.1. The van der Waals surface area contributed by atoms with Crippen LogP contribution in [0.2, 0.25) is 5.02 Å². The quantitative estimate of drug-likeness (QED) is 0.413. The lowest BCUT2D eigenvalue weighted by Crippen LogP contribution is -2.34. The van der Waals surface area contributed by atoms with Crippen molar-refractivity contribution in [3.63, 3.8) is 0 Å². The highest BCUT2D eigenvalue weighted by molar-refractivity contribution is 6.31. The SMILES string of the molecule is CC(=O)Oc1cccc(C(=O)NCCNC(=O)CCc2ccccc2Cl)c1. The first kappa shape index (κ1) is 20.5. The molecule has 0 fully saturated rings. The summed E-state index contributed by atoms with van der Waals surface area (Å²) in [5.74, 6) is -0.564. The first-order valence-corrected chi connectivity index (χ1v) is 8.90. The molecule has 2 aromatic carbocycles. The summed E-state index contributed by atoms with van der Waals surface area (Å²) in [7, 11) is 0. The van der Waals surface area contributed by atoms with Crippen molar-refractivity contribution in [1.82, 2.24) is 10.6 Å². The molecule has 2 aromatic rings. The zero-order valence-corrected chi connectivity index (χ0v) is 15.7. The predicted octanol–water partition coefficient (Wildman–Crippen LogP) is 2.74. The third-order valence-electron chi connectivity index (χ3n) is 3.67. The Morgan fingerprint density at radius 3 is 2.48 bits per heavy atom. The first-order chi connectivity index (χ1) is 13.0. The number of esters is 1. The molecule has 2 rings (SSSR count). The standard InChI is InChI=1S/C20H21ClN2O4/c1-14(24)27-17-7-4-6-16(13-17)20(26)23-12-11-22-19(25)10-9-15-5-2-3-8-18(15)21/h2-8,13H,9-12H2,1H3,(H,22,25)(H,23,26). The zero-order chi connectivity index (χ0) is 19.6. The molecule has 0 saturated heterocycles. The third-order valence-corrected chi connectivity index (χ3v) is 4.04. The van der Waals surface area contributed by atoms with Gasteiger partial charge in [-0.3, -0.25) is 14.4 Å². The van der Waals surface area contributed by atoms with Gasteiger partial charge < -0.3 is 15.4 Å². The van der Waals surface area contributed by atoms with E-state index < -0.39 is 5.97 Å². The minimum absolute atomic E-state index is 0.110. The number of carbonyl (C=O) groups excluding carboxylic acids is 3. The molecule has 27 heavy (non-hydrogen) atoms. The number of rotatable bonds is 8. The van der Waals surface area contributed by atoms with Crippen molar-refractivity contribution in [1.29, 1.82) is 0 Å². The number of nitrogens with one attached hydrogen (secondary N) is 2. The smallest absolute Gasteiger partial charge is 0.308 e. The first-order valence-electron chi connectivity index (χ1n) is 8.52. The van der Waals surface area contributed by atoms with Gasteiger partial charge in [0.05, 0.1) is 0 Å². The van der Waals surface area contributed by atoms with E-state index in [2.05, 4.69) is 10.6 Å². The topological polar surface area (TPSA) is 84.5 Å². The largest absolute Gasteiger partial charge is 0.427 e. The van der Waals surface area contributed by atoms with Crippen molar-refractivity contribution in [2.24, 2.45) is 0 Å². The van der Waals surface area contributed by atoms with E-state index >= 15 is 0 Å². The van der Waals surface area contributed by atoms with Crippen LogP contribution in [-0.4, -0.2) is 30.9 Å². The number of halogens is 1. The number of amides is 2. The summed E-state index contributed by atoms with van der Waals surface area (Å²) in [5, 5.41) is 6.10. The van der Waals surface area contributed by atoms with Crippen LogP contribution in [0, 0.1) is 0 Å². The second-order valence-electron chi connectivity index (χ2n) is 5.82. The van der Waals surface area contributed by atoms with Crippen LogP contribution in [0.15, 0.2) is 48.5 Å². The van der Waals surface area contributed by atoms with Crippen molar-refractivity contribution < 1.29 is 19.1 Å². The Bertz CT molecular complexity index is 823. The van der Waals surface area contributed by atoms with E-state index in [-0.39, 0.29) is 18.4 Å². The van der Waals surface area contributed by atoms with Gasteiger partial charge in [-0.05, 0) is 36.2 Å². The van der Waals surface area contributed by atoms with Crippen LogP contribution in [0.4, 0.5) is 0 Å². The van der Waals surface area contributed by atoms with Crippen LogP contribution in [-0.2, 0) is 16.0 Å². The molecular weight excluding hydrogens is 368 g/mol. The Kier molecular flexibility index (Phi) is 7.82. The fourth-order valence-electron chi connectivity index (χ4n) is 2.38. The third kappa shape index (κ3) is 7.11. The van der Waals surface area contributed by atoms with Crippen LogP contribution in [0.3, 0.4) is 0 Å². The summed E-state index contributed by atoms with van der Waals surface area (Å²) in [6, 6.07) is 13.7. The number of carbonyl (C=O) groups is 3. The minimum atomic E-state index is -0.452. The van der Waals surface area contributed by atoms with Gasteiger partial charge in [0, 0.05) is 37.0 Å². The van der Waals surface area contributed by atoms with Gasteiger partial charge in [0.1, 0.15) is 5.75 Å². The van der Waals surface area contributed by atoms with E-state index in [1.165, 1.54) is 13.0 Å². The molecule has 2 amide bonds. The van der Waals surface area contributed by atoms with Gasteiger partial charge in [0.15, 0.2) is 0 Å². The predicted molar refractivity (Wildman–Crippen MR) is 103 cm³/mol. The molecular formula is C20H21ClN2O4. The van der Waals surface area contributed by atoms with Crippen molar-refractivity contribution >= 4 is 29.4 Å². The second kappa shape index (κ2) is 10.3. The zero-order valence-electron chi connectivity index (χ0n) is 15.0. The van der Waals surface area contributed by atoms with E-state index in [0.717, 1.165) is 5.56 Å². The van der Waals surface area contributed by atoms with E-state index in [1.807, 2.05) is 18.2 Å². The normalized spacial score (nSPS) is 10.1. The van der Waals surface area contributed by atoms with Gasteiger partial charge in [-0.15, -0.1) is 0 Å². The molecule has 0 unspecified atom stereocenters. The summed E-state index contributed by atoms with van der Waals surface area (Å²) in [6.45, 7) is 1.90. The van der Waals surface area contributed by atoms with Crippen molar-refractivity contribution in [2.75, 3.05) is 13.1 Å².